The third kappa shape index (κ3) is 6.33. The van der Waals surface area contributed by atoms with Gasteiger partial charge in [0.2, 0.25) is 0 Å². The Labute approximate surface area is 43.7 Å². The van der Waals surface area contributed by atoms with E-state index in [1.807, 2.05) is 0 Å². The molecule has 0 heterocycles. The molecule has 0 aromatic heterocycles. The zero-order valence-electron chi connectivity index (χ0n) is 3.87. The Kier molecular flexibility index (Phi) is 2.71. The van der Waals surface area contributed by atoms with Crippen LogP contribution in [0.5, 0.6) is 0 Å². The van der Waals surface area contributed by atoms with Gasteiger partial charge in [-0.2, -0.15) is 0 Å². The molecule has 0 unspecified atom stereocenters. The summed E-state index contributed by atoms with van der Waals surface area (Å²) in [5.74, 6) is 0. The largest absolute Gasteiger partial charge is 0.459 e. The third-order valence-corrected chi connectivity index (χ3v) is 2.68. The molecule has 2 N–H and O–H groups in total. The van der Waals surface area contributed by atoms with E-state index in [1.165, 1.54) is 0 Å². The zero-order chi connectivity index (χ0) is 5.91. The maximum atomic E-state index is 9.74. The maximum Gasteiger partial charge on any atom is 0.459 e. The van der Waals surface area contributed by atoms with E-state index in [0.29, 0.717) is 0 Å². The lowest BCUT2D eigenvalue weighted by Gasteiger charge is -1.98. The SMILES string of the molecule is C[SiH2]OP(=O)(O)O. The number of hydrogen-bond acceptors (Lipinski definition) is 2. The summed E-state index contributed by atoms with van der Waals surface area (Å²) in [5.41, 5.74) is 0. The van der Waals surface area contributed by atoms with Crippen LogP contribution in [-0.4, -0.2) is 19.5 Å². The minimum Gasteiger partial charge on any atom is -0.338 e. The lowest BCUT2D eigenvalue weighted by molar-refractivity contribution is 0.289. The summed E-state index contributed by atoms with van der Waals surface area (Å²) in [4.78, 5) is 15.9. The lowest BCUT2D eigenvalue weighted by atomic mass is 11.9. The summed E-state index contributed by atoms with van der Waals surface area (Å²) in [6, 6.07) is 0. The quantitative estimate of drug-likeness (QED) is 0.392. The van der Waals surface area contributed by atoms with Crippen molar-refractivity contribution in [3.63, 3.8) is 0 Å². The number of phosphoric acid groups is 1. The fraction of sp³-hybridized carbons (Fsp3) is 1.00. The van der Waals surface area contributed by atoms with Crippen LogP contribution in [0.25, 0.3) is 0 Å². The van der Waals surface area contributed by atoms with E-state index < -0.39 is 17.6 Å². The van der Waals surface area contributed by atoms with Crippen LogP contribution in [-0.2, 0) is 8.78 Å². The zero-order valence-corrected chi connectivity index (χ0v) is 6.17. The molecule has 0 amide bonds. The van der Waals surface area contributed by atoms with Gasteiger partial charge in [0, 0.05) is 0 Å². The van der Waals surface area contributed by atoms with E-state index in [-0.39, 0.29) is 0 Å². The number of rotatable bonds is 2. The van der Waals surface area contributed by atoms with Gasteiger partial charge in [-0.15, -0.1) is 0 Å². The van der Waals surface area contributed by atoms with Gasteiger partial charge in [-0.05, 0) is 0 Å². The summed E-state index contributed by atoms with van der Waals surface area (Å²) >= 11 is 0. The molecule has 6 heteroatoms. The van der Waals surface area contributed by atoms with Gasteiger partial charge in [-0.1, -0.05) is 6.55 Å². The van der Waals surface area contributed by atoms with Crippen LogP contribution in [0.4, 0.5) is 0 Å². The standard InChI is InChI=1S/CH7O4PSi/c1-7-5-6(2,3)4/h7H2,1H3,(H2,2,3,4). The molecule has 0 aromatic carbocycles. The Morgan fingerprint density at radius 2 is 2.14 bits per heavy atom. The van der Waals surface area contributed by atoms with Crippen molar-refractivity contribution in [2.45, 2.75) is 6.55 Å². The lowest BCUT2D eigenvalue weighted by Crippen LogP contribution is -1.88. The van der Waals surface area contributed by atoms with Crippen LogP contribution in [0.3, 0.4) is 0 Å². The molecule has 4 nitrogen and oxygen atoms in total. The van der Waals surface area contributed by atoms with Crippen molar-refractivity contribution >= 4 is 17.6 Å². The average Bonchev–Trinajstić information content (AvgIpc) is 1.30. The average molecular weight is 142 g/mol. The van der Waals surface area contributed by atoms with Gasteiger partial charge in [0.05, 0.1) is 0 Å². The Morgan fingerprint density at radius 1 is 1.71 bits per heavy atom. The van der Waals surface area contributed by atoms with Gasteiger partial charge in [-0.25, -0.2) is 4.57 Å². The normalized spacial score (nSPS) is 13.6. The van der Waals surface area contributed by atoms with Gasteiger partial charge in [0.25, 0.3) is 0 Å². The molecule has 0 aliphatic heterocycles. The fourth-order valence-corrected chi connectivity index (χ4v) is 1.51. The second-order valence-electron chi connectivity index (χ2n) is 0.908. The van der Waals surface area contributed by atoms with Gasteiger partial charge < -0.3 is 14.0 Å². The molecule has 0 aromatic rings. The van der Waals surface area contributed by atoms with Crippen LogP contribution in [0.1, 0.15) is 0 Å². The molecule has 0 atom stereocenters. The predicted octanol–water partition coefficient (Wildman–Crippen LogP) is -0.772. The van der Waals surface area contributed by atoms with Crippen molar-refractivity contribution in [1.29, 1.82) is 0 Å². The second-order valence-corrected chi connectivity index (χ2v) is 3.50. The Hall–Kier alpha value is 0.327. The molecule has 44 valence electrons. The first-order valence-electron chi connectivity index (χ1n) is 1.76. The minimum atomic E-state index is -4.10. The van der Waals surface area contributed by atoms with Crippen molar-refractivity contribution < 1.29 is 18.6 Å². The third-order valence-electron chi connectivity index (χ3n) is 0.297. The summed E-state index contributed by atoms with van der Waals surface area (Å²) in [6.07, 6.45) is 0. The highest BCUT2D eigenvalue weighted by atomic mass is 31.2. The van der Waals surface area contributed by atoms with E-state index in [4.69, 9.17) is 9.79 Å². The summed E-state index contributed by atoms with van der Waals surface area (Å²) in [6.45, 7) is 1.65. The van der Waals surface area contributed by atoms with Gasteiger partial charge >= 0.3 is 7.82 Å². The van der Waals surface area contributed by atoms with E-state index >= 15 is 0 Å². The van der Waals surface area contributed by atoms with Crippen LogP contribution in [0, 0.1) is 0 Å². The minimum absolute atomic E-state index is 0.953. The van der Waals surface area contributed by atoms with Crippen molar-refractivity contribution in [3.8, 4) is 0 Å². The molecule has 0 saturated heterocycles. The topological polar surface area (TPSA) is 66.8 Å². The first-order valence-corrected chi connectivity index (χ1v) is 5.28. The first-order chi connectivity index (χ1) is 3.06. The maximum absolute atomic E-state index is 9.74. The molecule has 0 saturated carbocycles. The molecule has 0 bridgehead atoms. The van der Waals surface area contributed by atoms with Crippen LogP contribution < -0.4 is 0 Å². The van der Waals surface area contributed by atoms with Gasteiger partial charge in [0.15, 0.2) is 9.76 Å². The molecule has 0 aliphatic rings. The fourth-order valence-electron chi connectivity index (χ4n) is 0.168. The highest BCUT2D eigenvalue weighted by Gasteiger charge is 2.09. The van der Waals surface area contributed by atoms with Gasteiger partial charge in [-0.3, -0.25) is 0 Å². The van der Waals surface area contributed by atoms with Crippen LogP contribution in [0.2, 0.25) is 6.55 Å². The molecular weight excluding hydrogens is 135 g/mol. The Bertz CT molecular complexity index is 85.7. The van der Waals surface area contributed by atoms with Crippen molar-refractivity contribution in [1.82, 2.24) is 0 Å². The molecule has 7 heavy (non-hydrogen) atoms. The highest BCUT2D eigenvalue weighted by molar-refractivity contribution is 7.47. The summed E-state index contributed by atoms with van der Waals surface area (Å²) < 4.78 is 13.8. The molecule has 0 fully saturated rings. The molecule has 0 aliphatic carbocycles. The smallest absolute Gasteiger partial charge is 0.338 e. The second kappa shape index (κ2) is 2.59. The molecule has 0 rings (SSSR count). The van der Waals surface area contributed by atoms with Crippen molar-refractivity contribution in [3.05, 3.63) is 0 Å². The summed E-state index contributed by atoms with van der Waals surface area (Å²) in [5, 5.41) is 0. The Balaban J connectivity index is 3.36. The predicted molar refractivity (Wildman–Crippen MR) is 27.5 cm³/mol. The first kappa shape index (κ1) is 7.33. The van der Waals surface area contributed by atoms with Crippen LogP contribution in [0.15, 0.2) is 0 Å². The van der Waals surface area contributed by atoms with E-state index in [1.54, 1.807) is 6.55 Å². The molecule has 0 radical (unpaired) electrons. The summed E-state index contributed by atoms with van der Waals surface area (Å²) in [7, 11) is -5.06. The van der Waals surface area contributed by atoms with E-state index in [9.17, 15) is 4.57 Å². The molecule has 0 spiro atoms. The van der Waals surface area contributed by atoms with Crippen LogP contribution >= 0.6 is 7.82 Å². The van der Waals surface area contributed by atoms with Crippen molar-refractivity contribution in [2.75, 3.05) is 0 Å². The Morgan fingerprint density at radius 3 is 2.14 bits per heavy atom. The van der Waals surface area contributed by atoms with E-state index in [2.05, 4.69) is 4.21 Å². The highest BCUT2D eigenvalue weighted by Crippen LogP contribution is 2.34. The number of hydrogen-bond donors (Lipinski definition) is 2. The molecular formula is CH7O4PSi. The van der Waals surface area contributed by atoms with Gasteiger partial charge in [0.1, 0.15) is 0 Å². The van der Waals surface area contributed by atoms with Crippen molar-refractivity contribution in [2.24, 2.45) is 0 Å². The van der Waals surface area contributed by atoms with E-state index in [0.717, 1.165) is 0 Å². The monoisotopic (exact) mass is 142 g/mol.